The third-order valence-corrected chi connectivity index (χ3v) is 5.62. The standard InChI is InChI=1S/C21H24ClFN6O/c1-11(2)16-17(12(3)5-6-25-16)29-20-14(9-15(23)18(22)26-20)19(27-21(29)30)28-8-7-24-13(4)10-28/h5-6,9,11,13,24H,7-8,10H2,1-4H3. The number of piperazine rings is 1. The second-order valence-electron chi connectivity index (χ2n) is 8.00. The zero-order valence-electron chi connectivity index (χ0n) is 17.4. The number of fused-ring (bicyclic) bond motifs is 1. The highest BCUT2D eigenvalue weighted by Gasteiger charge is 2.25. The van der Waals surface area contributed by atoms with Gasteiger partial charge in [0.05, 0.1) is 16.8 Å². The minimum atomic E-state index is -0.646. The van der Waals surface area contributed by atoms with E-state index < -0.39 is 11.5 Å². The molecular formula is C21H24ClFN6O. The molecule has 3 aromatic rings. The van der Waals surface area contributed by atoms with Crippen molar-refractivity contribution in [3.8, 4) is 5.69 Å². The molecule has 4 rings (SSSR count). The molecule has 158 valence electrons. The van der Waals surface area contributed by atoms with E-state index in [0.29, 0.717) is 30.0 Å². The van der Waals surface area contributed by atoms with Crippen LogP contribution in [0.1, 0.15) is 37.9 Å². The number of aromatic nitrogens is 4. The van der Waals surface area contributed by atoms with Gasteiger partial charge in [-0.15, -0.1) is 0 Å². The second kappa shape index (κ2) is 7.92. The first-order valence-corrected chi connectivity index (χ1v) is 10.4. The van der Waals surface area contributed by atoms with E-state index in [1.54, 1.807) is 6.20 Å². The minimum Gasteiger partial charge on any atom is -0.353 e. The largest absolute Gasteiger partial charge is 0.355 e. The van der Waals surface area contributed by atoms with E-state index in [0.717, 1.165) is 17.8 Å². The Labute approximate surface area is 178 Å². The molecule has 1 fully saturated rings. The highest BCUT2D eigenvalue weighted by molar-refractivity contribution is 6.30. The van der Waals surface area contributed by atoms with E-state index in [9.17, 15) is 9.18 Å². The molecule has 1 atom stereocenters. The fourth-order valence-electron chi connectivity index (χ4n) is 3.94. The molecule has 3 aromatic heterocycles. The van der Waals surface area contributed by atoms with Crippen molar-refractivity contribution in [3.05, 3.63) is 51.0 Å². The van der Waals surface area contributed by atoms with Crippen LogP contribution in [0, 0.1) is 12.7 Å². The normalized spacial score (nSPS) is 17.2. The predicted molar refractivity (Wildman–Crippen MR) is 116 cm³/mol. The van der Waals surface area contributed by atoms with Crippen LogP contribution in [0.25, 0.3) is 16.7 Å². The van der Waals surface area contributed by atoms with Crippen LogP contribution in [0.4, 0.5) is 10.2 Å². The summed E-state index contributed by atoms with van der Waals surface area (Å²) in [5.74, 6) is -0.158. The lowest BCUT2D eigenvalue weighted by atomic mass is 10.0. The molecule has 1 saturated heterocycles. The molecule has 1 N–H and O–H groups in total. The maximum atomic E-state index is 14.4. The smallest absolute Gasteiger partial charge is 0.353 e. The number of nitrogens with zero attached hydrogens (tertiary/aromatic N) is 5. The first-order valence-electron chi connectivity index (χ1n) is 10.0. The van der Waals surface area contributed by atoms with Crippen molar-refractivity contribution in [3.63, 3.8) is 0 Å². The highest BCUT2D eigenvalue weighted by atomic mass is 35.5. The van der Waals surface area contributed by atoms with Crippen LogP contribution in [-0.2, 0) is 0 Å². The SMILES string of the molecule is Cc1ccnc(C(C)C)c1-n1c(=O)nc(N2CCNC(C)C2)c2cc(F)c(Cl)nc21. The molecule has 0 bridgehead atoms. The van der Waals surface area contributed by atoms with Crippen molar-refractivity contribution in [2.75, 3.05) is 24.5 Å². The van der Waals surface area contributed by atoms with E-state index in [4.69, 9.17) is 11.6 Å². The highest BCUT2D eigenvalue weighted by Crippen LogP contribution is 2.30. The van der Waals surface area contributed by atoms with Gasteiger partial charge in [0.15, 0.2) is 16.6 Å². The summed E-state index contributed by atoms with van der Waals surface area (Å²) < 4.78 is 15.9. The fraction of sp³-hybridized carbons (Fsp3) is 0.429. The number of hydrogen-bond donors (Lipinski definition) is 1. The molecule has 0 aromatic carbocycles. The van der Waals surface area contributed by atoms with Crippen molar-refractivity contribution in [1.29, 1.82) is 0 Å². The lowest BCUT2D eigenvalue weighted by molar-refractivity contribution is 0.482. The molecule has 4 heterocycles. The van der Waals surface area contributed by atoms with Crippen LogP contribution in [0.2, 0.25) is 5.15 Å². The average Bonchev–Trinajstić information content (AvgIpc) is 2.69. The lowest BCUT2D eigenvalue weighted by Crippen LogP contribution is -2.50. The van der Waals surface area contributed by atoms with Crippen LogP contribution in [0.3, 0.4) is 0 Å². The minimum absolute atomic E-state index is 0.0615. The van der Waals surface area contributed by atoms with Gasteiger partial charge in [-0.3, -0.25) is 4.98 Å². The van der Waals surface area contributed by atoms with Crippen molar-refractivity contribution >= 4 is 28.5 Å². The molecule has 30 heavy (non-hydrogen) atoms. The summed E-state index contributed by atoms with van der Waals surface area (Å²) in [5, 5.41) is 3.52. The zero-order chi connectivity index (χ0) is 21.6. The molecular weight excluding hydrogens is 407 g/mol. The topological polar surface area (TPSA) is 75.9 Å². The summed E-state index contributed by atoms with van der Waals surface area (Å²) in [4.78, 5) is 28.4. The quantitative estimate of drug-likeness (QED) is 0.643. The fourth-order valence-corrected chi connectivity index (χ4v) is 4.07. The summed E-state index contributed by atoms with van der Waals surface area (Å²) >= 11 is 6.04. The maximum absolute atomic E-state index is 14.4. The monoisotopic (exact) mass is 430 g/mol. The molecule has 0 spiro atoms. The number of halogens is 2. The van der Waals surface area contributed by atoms with E-state index in [-0.39, 0.29) is 22.8 Å². The predicted octanol–water partition coefficient (Wildman–Crippen LogP) is 3.20. The number of pyridine rings is 2. The molecule has 0 amide bonds. The van der Waals surface area contributed by atoms with Crippen molar-refractivity contribution in [2.24, 2.45) is 0 Å². The Balaban J connectivity index is 2.07. The molecule has 1 unspecified atom stereocenters. The Morgan fingerprint density at radius 3 is 2.80 bits per heavy atom. The Bertz CT molecular complexity index is 1180. The van der Waals surface area contributed by atoms with Gasteiger partial charge in [-0.25, -0.2) is 18.7 Å². The van der Waals surface area contributed by atoms with Crippen LogP contribution >= 0.6 is 11.6 Å². The van der Waals surface area contributed by atoms with Gasteiger partial charge >= 0.3 is 5.69 Å². The van der Waals surface area contributed by atoms with Crippen LogP contribution in [0.5, 0.6) is 0 Å². The number of hydrogen-bond acceptors (Lipinski definition) is 6. The Morgan fingerprint density at radius 1 is 1.33 bits per heavy atom. The third kappa shape index (κ3) is 3.54. The van der Waals surface area contributed by atoms with Gasteiger partial charge in [0.2, 0.25) is 0 Å². The second-order valence-corrected chi connectivity index (χ2v) is 8.36. The molecule has 1 aliphatic heterocycles. The lowest BCUT2D eigenvalue weighted by Gasteiger charge is -2.33. The van der Waals surface area contributed by atoms with Gasteiger partial charge in [0.25, 0.3) is 0 Å². The van der Waals surface area contributed by atoms with E-state index in [1.165, 1.54) is 10.6 Å². The van der Waals surface area contributed by atoms with Crippen molar-refractivity contribution < 1.29 is 4.39 Å². The summed E-state index contributed by atoms with van der Waals surface area (Å²) in [6.07, 6.45) is 1.71. The zero-order valence-corrected chi connectivity index (χ0v) is 18.2. The van der Waals surface area contributed by atoms with Gasteiger partial charge < -0.3 is 10.2 Å². The van der Waals surface area contributed by atoms with E-state index >= 15 is 0 Å². The first-order chi connectivity index (χ1) is 14.3. The van der Waals surface area contributed by atoms with Gasteiger partial charge in [0, 0.05) is 31.9 Å². The van der Waals surface area contributed by atoms with E-state index in [2.05, 4.69) is 27.2 Å². The first kappa shape index (κ1) is 20.7. The van der Waals surface area contributed by atoms with Gasteiger partial charge in [0.1, 0.15) is 5.82 Å². The summed E-state index contributed by atoms with van der Waals surface area (Å²) in [6.45, 7) is 10.0. The Kier molecular flexibility index (Phi) is 5.46. The Hall–Kier alpha value is -2.58. The molecule has 0 saturated carbocycles. The van der Waals surface area contributed by atoms with Crippen LogP contribution < -0.4 is 15.9 Å². The molecule has 0 radical (unpaired) electrons. The van der Waals surface area contributed by atoms with Gasteiger partial charge in [-0.2, -0.15) is 4.98 Å². The van der Waals surface area contributed by atoms with Gasteiger partial charge in [-0.1, -0.05) is 25.4 Å². The van der Waals surface area contributed by atoms with Gasteiger partial charge in [-0.05, 0) is 37.5 Å². The molecule has 9 heteroatoms. The molecule has 7 nitrogen and oxygen atoms in total. The summed E-state index contributed by atoms with van der Waals surface area (Å²) in [6, 6.07) is 3.36. The van der Waals surface area contributed by atoms with E-state index in [1.807, 2.05) is 31.7 Å². The van der Waals surface area contributed by atoms with Crippen molar-refractivity contribution in [1.82, 2.24) is 24.8 Å². The number of aryl methyl sites for hydroxylation is 1. The number of anilines is 1. The summed E-state index contributed by atoms with van der Waals surface area (Å²) in [7, 11) is 0. The third-order valence-electron chi connectivity index (χ3n) is 5.35. The number of rotatable bonds is 3. The average molecular weight is 431 g/mol. The summed E-state index contributed by atoms with van der Waals surface area (Å²) in [5.41, 5.74) is 2.00. The number of nitrogens with one attached hydrogen (secondary N) is 1. The maximum Gasteiger partial charge on any atom is 0.355 e. The van der Waals surface area contributed by atoms with Crippen molar-refractivity contribution in [2.45, 2.75) is 39.7 Å². The Morgan fingerprint density at radius 2 is 2.10 bits per heavy atom. The van der Waals surface area contributed by atoms with Crippen LogP contribution in [0.15, 0.2) is 23.1 Å². The molecule has 1 aliphatic rings. The van der Waals surface area contributed by atoms with Crippen LogP contribution in [-0.4, -0.2) is 45.2 Å². The molecule has 0 aliphatic carbocycles.